The minimum atomic E-state index is -5.91. The van der Waals surface area contributed by atoms with Crippen LogP contribution < -0.4 is 14.8 Å². The predicted molar refractivity (Wildman–Crippen MR) is 168 cm³/mol. The fourth-order valence-corrected chi connectivity index (χ4v) is 12.6. The summed E-state index contributed by atoms with van der Waals surface area (Å²) in [6.45, 7) is 13.6. The molecule has 3 N–H and O–H groups in total. The van der Waals surface area contributed by atoms with Crippen molar-refractivity contribution in [2.24, 2.45) is 44.8 Å². The number of ketones is 1. The van der Waals surface area contributed by atoms with Crippen LogP contribution in [0.5, 0.6) is 0 Å². The molecule has 17 heteroatoms. The number of urea groups is 1. The number of carbonyl (C=O) groups excluding carboxylic acids is 2. The van der Waals surface area contributed by atoms with E-state index in [1.54, 1.807) is 26.8 Å². The molecule has 4 fully saturated rings. The van der Waals surface area contributed by atoms with Crippen molar-refractivity contribution in [3.63, 3.8) is 0 Å². The van der Waals surface area contributed by atoms with E-state index in [0.29, 0.717) is 32.1 Å². The first-order valence-corrected chi connectivity index (χ1v) is 19.6. The summed E-state index contributed by atoms with van der Waals surface area (Å²) in [6.07, 6.45) is 6.05. The molecule has 0 aromatic heterocycles. The lowest BCUT2D eigenvalue weighted by Gasteiger charge is -2.70. The highest BCUT2D eigenvalue weighted by molar-refractivity contribution is 7.91. The molecule has 0 aromatic carbocycles. The Kier molecular flexibility index (Phi) is 8.66. The topological polar surface area (TPSA) is 139 Å². The maximum atomic E-state index is 14.5. The van der Waals surface area contributed by atoms with Crippen molar-refractivity contribution in [1.82, 2.24) is 14.8 Å². The quantitative estimate of drug-likeness (QED) is 0.275. The van der Waals surface area contributed by atoms with E-state index in [1.807, 2.05) is 11.6 Å². The lowest BCUT2D eigenvalue weighted by Crippen LogP contribution is -2.68. The van der Waals surface area contributed by atoms with Gasteiger partial charge in [0.05, 0.1) is 0 Å². The van der Waals surface area contributed by atoms with Crippen LogP contribution in [0.1, 0.15) is 106 Å². The van der Waals surface area contributed by atoms with Gasteiger partial charge in [0.2, 0.25) is 0 Å². The highest BCUT2D eigenvalue weighted by Gasteiger charge is 2.70. The van der Waals surface area contributed by atoms with Crippen LogP contribution >= 0.6 is 0 Å². The van der Waals surface area contributed by atoms with Crippen LogP contribution in [0.15, 0.2) is 11.6 Å². The number of carbonyl (C=O) groups is 2. The average Bonchev–Trinajstić information content (AvgIpc) is 2.90. The van der Waals surface area contributed by atoms with Crippen LogP contribution in [-0.2, 0) is 24.8 Å². The molecule has 5 aliphatic rings. The van der Waals surface area contributed by atoms with Gasteiger partial charge in [-0.2, -0.15) is 34.8 Å². The van der Waals surface area contributed by atoms with Gasteiger partial charge in [-0.05, 0) is 110 Å². The second kappa shape index (κ2) is 11.1. The molecule has 0 unspecified atom stereocenters. The van der Waals surface area contributed by atoms with E-state index in [0.717, 1.165) is 23.1 Å². The normalized spacial score (nSPS) is 42.5. The summed E-state index contributed by atoms with van der Waals surface area (Å²) >= 11 is 0. The number of sulfonamides is 2. The van der Waals surface area contributed by atoms with Crippen LogP contribution in [-0.4, -0.2) is 51.2 Å². The molecule has 0 spiro atoms. The molecule has 9 atom stereocenters. The van der Waals surface area contributed by atoms with Crippen molar-refractivity contribution in [2.75, 3.05) is 0 Å². The van der Waals surface area contributed by atoms with Crippen molar-refractivity contribution in [1.29, 1.82) is 0 Å². The Labute approximate surface area is 284 Å². The molecule has 5 aliphatic carbocycles. The minimum Gasteiger partial charge on any atom is -0.332 e. The Balaban J connectivity index is 1.47. The highest BCUT2D eigenvalue weighted by atomic mass is 32.2. The Hall–Kier alpha value is -1.88. The lowest BCUT2D eigenvalue weighted by atomic mass is 9.33. The summed E-state index contributed by atoms with van der Waals surface area (Å²) in [5.41, 5.74) is -14.2. The van der Waals surface area contributed by atoms with E-state index in [4.69, 9.17) is 0 Å². The molecule has 0 radical (unpaired) electrons. The molecule has 9 nitrogen and oxygen atoms in total. The van der Waals surface area contributed by atoms with Crippen molar-refractivity contribution < 1.29 is 52.8 Å². The van der Waals surface area contributed by atoms with Crippen LogP contribution in [0.3, 0.4) is 0 Å². The number of hydrogen-bond acceptors (Lipinski definition) is 6. The third kappa shape index (κ3) is 5.73. The number of halogens is 6. The van der Waals surface area contributed by atoms with E-state index in [-0.39, 0.29) is 35.9 Å². The summed E-state index contributed by atoms with van der Waals surface area (Å²) in [5, 5.41) is 2.48. The SMILES string of the molecule is CC1(C)[C@@H](NS(=O)(=O)C(F)(F)F)CC[C@]2(C)[C@H]3C(=O)C=C4[C@@H]5C[C@@](C)(NC(=O)NS(=O)(=O)C(F)(F)F)CC[C@]5(C)CC[C@@]4(C)[C@]3(C)CC[C@@H]12. The molecule has 0 aliphatic heterocycles. The van der Waals surface area contributed by atoms with E-state index < -0.39 is 76.3 Å². The summed E-state index contributed by atoms with van der Waals surface area (Å²) < 4.78 is 129. The fraction of sp³-hybridized carbons (Fsp3) is 0.875. The number of rotatable bonds is 4. The molecule has 0 bridgehead atoms. The molecule has 4 saturated carbocycles. The Morgan fingerprint density at radius 3 is 1.94 bits per heavy atom. The first-order valence-electron chi connectivity index (χ1n) is 16.7. The van der Waals surface area contributed by atoms with Crippen molar-refractivity contribution in [2.45, 2.75) is 129 Å². The Morgan fingerprint density at radius 1 is 0.796 bits per heavy atom. The van der Waals surface area contributed by atoms with Gasteiger partial charge in [-0.25, -0.2) is 22.7 Å². The monoisotopic (exact) mass is 747 g/mol. The van der Waals surface area contributed by atoms with E-state index in [9.17, 15) is 52.8 Å². The summed E-state index contributed by atoms with van der Waals surface area (Å²) in [7, 11) is -11.5. The zero-order chi connectivity index (χ0) is 37.2. The van der Waals surface area contributed by atoms with E-state index in [2.05, 4.69) is 26.1 Å². The van der Waals surface area contributed by atoms with Crippen LogP contribution in [0.2, 0.25) is 0 Å². The lowest BCUT2D eigenvalue weighted by molar-refractivity contribution is -0.187. The number of hydrogen-bond donors (Lipinski definition) is 3. The third-order valence-electron chi connectivity index (χ3n) is 14.2. The Bertz CT molecular complexity index is 1680. The van der Waals surface area contributed by atoms with Crippen LogP contribution in [0.4, 0.5) is 31.1 Å². The standard InChI is InChI=1S/C32H47F6N3O6S2/c1-25(2)21-8-11-30(7)23(28(21,5)10-9-22(25)40-48(44,45)31(33,34)35)20(42)16-18-19-17-27(4,14-12-26(19,3)13-15-29(18,30)6)39-24(43)41-49(46,47)32(36,37)38/h16,19,21-23,40H,8-15,17H2,1-7H3,(H2,39,41,43)/t19-,21-,22-,23+,26+,27-,28-,29+,30+/m0/s1. The molecule has 0 aromatic rings. The van der Waals surface area contributed by atoms with Gasteiger partial charge in [0, 0.05) is 17.5 Å². The highest BCUT2D eigenvalue weighted by Crippen LogP contribution is 2.74. The van der Waals surface area contributed by atoms with Gasteiger partial charge in [-0.3, -0.25) is 4.79 Å². The molecule has 2 amide bonds. The maximum Gasteiger partial charge on any atom is 0.516 e. The van der Waals surface area contributed by atoms with Crippen molar-refractivity contribution in [3.05, 3.63) is 11.6 Å². The van der Waals surface area contributed by atoms with E-state index >= 15 is 0 Å². The van der Waals surface area contributed by atoms with Gasteiger partial charge in [-0.15, -0.1) is 0 Å². The van der Waals surface area contributed by atoms with E-state index in [1.165, 1.54) is 0 Å². The summed E-state index contributed by atoms with van der Waals surface area (Å²) in [4.78, 5) is 27.1. The third-order valence-corrected chi connectivity index (χ3v) is 16.4. The summed E-state index contributed by atoms with van der Waals surface area (Å²) in [6, 6.07) is -2.46. The van der Waals surface area contributed by atoms with Crippen LogP contribution in [0, 0.1) is 44.8 Å². The van der Waals surface area contributed by atoms with Gasteiger partial charge in [0.25, 0.3) is 0 Å². The van der Waals surface area contributed by atoms with Gasteiger partial charge >= 0.3 is 37.1 Å². The van der Waals surface area contributed by atoms with Gasteiger partial charge in [0.15, 0.2) is 5.78 Å². The van der Waals surface area contributed by atoms with Crippen LogP contribution in [0.25, 0.3) is 0 Å². The average molecular weight is 748 g/mol. The number of allylic oxidation sites excluding steroid dienone is 2. The predicted octanol–water partition coefficient (Wildman–Crippen LogP) is 6.68. The number of nitrogens with one attached hydrogen (secondary N) is 3. The largest absolute Gasteiger partial charge is 0.516 e. The van der Waals surface area contributed by atoms with Crippen molar-refractivity contribution in [3.8, 4) is 0 Å². The van der Waals surface area contributed by atoms with Crippen molar-refractivity contribution >= 4 is 31.9 Å². The number of amides is 2. The number of alkyl halides is 6. The molecule has 49 heavy (non-hydrogen) atoms. The maximum absolute atomic E-state index is 14.5. The minimum absolute atomic E-state index is 0.106. The number of fused-ring (bicyclic) bond motifs is 7. The Morgan fingerprint density at radius 2 is 1.37 bits per heavy atom. The second-order valence-electron chi connectivity index (χ2n) is 17.2. The zero-order valence-electron chi connectivity index (χ0n) is 28.8. The molecule has 5 rings (SSSR count). The zero-order valence-corrected chi connectivity index (χ0v) is 30.4. The first-order chi connectivity index (χ1) is 21.9. The van der Waals surface area contributed by atoms with Gasteiger partial charge in [-0.1, -0.05) is 47.1 Å². The molecule has 280 valence electrons. The molecular formula is C32H47F6N3O6S2. The van der Waals surface area contributed by atoms with Gasteiger partial charge < -0.3 is 5.32 Å². The summed E-state index contributed by atoms with van der Waals surface area (Å²) in [5.74, 6) is -1.12. The van der Waals surface area contributed by atoms with Gasteiger partial charge in [0.1, 0.15) is 0 Å². The molecular weight excluding hydrogens is 700 g/mol. The second-order valence-corrected chi connectivity index (χ2v) is 20.6. The molecule has 0 heterocycles. The molecule has 0 saturated heterocycles. The smallest absolute Gasteiger partial charge is 0.332 e. The fourth-order valence-electron chi connectivity index (χ4n) is 11.2. The first kappa shape index (κ1) is 38.4.